The molecule has 1 fully saturated rings. The zero-order valence-corrected chi connectivity index (χ0v) is 15.2. The second-order valence-electron chi connectivity index (χ2n) is 6.84. The number of amides is 1. The molecule has 3 rings (SSSR count). The van der Waals surface area contributed by atoms with Gasteiger partial charge in [-0.2, -0.15) is 0 Å². The van der Waals surface area contributed by atoms with E-state index < -0.39 is 0 Å². The summed E-state index contributed by atoms with van der Waals surface area (Å²) >= 11 is 0. The van der Waals surface area contributed by atoms with E-state index in [1.807, 2.05) is 17.0 Å². The Bertz CT molecular complexity index is 721. The van der Waals surface area contributed by atoms with Gasteiger partial charge in [-0.05, 0) is 31.0 Å². The molecule has 0 aliphatic carbocycles. The second-order valence-corrected chi connectivity index (χ2v) is 6.84. The molecule has 1 amide bonds. The number of carbonyl (C=O) groups is 1. The summed E-state index contributed by atoms with van der Waals surface area (Å²) in [7, 11) is 0. The van der Waals surface area contributed by atoms with Crippen LogP contribution in [0.15, 0.2) is 42.6 Å². The van der Waals surface area contributed by atoms with Crippen molar-refractivity contribution in [3.63, 3.8) is 0 Å². The molecule has 0 unspecified atom stereocenters. The van der Waals surface area contributed by atoms with Crippen LogP contribution in [-0.4, -0.2) is 46.9 Å². The number of rotatable bonds is 5. The van der Waals surface area contributed by atoms with Crippen molar-refractivity contribution in [1.29, 1.82) is 0 Å². The van der Waals surface area contributed by atoms with Crippen LogP contribution in [0.4, 0.5) is 0 Å². The largest absolute Gasteiger partial charge is 0.336 e. The lowest BCUT2D eigenvalue weighted by Crippen LogP contribution is -2.48. The lowest BCUT2D eigenvalue weighted by molar-refractivity contribution is 0.0628. The zero-order chi connectivity index (χ0) is 17.6. The van der Waals surface area contributed by atoms with Gasteiger partial charge in [-0.15, -0.1) is 0 Å². The number of aromatic nitrogens is 1. The predicted molar refractivity (Wildman–Crippen MR) is 101 cm³/mol. The molecule has 25 heavy (non-hydrogen) atoms. The van der Waals surface area contributed by atoms with E-state index >= 15 is 0 Å². The summed E-state index contributed by atoms with van der Waals surface area (Å²) < 4.78 is 0. The molecule has 4 heteroatoms. The predicted octanol–water partition coefficient (Wildman–Crippen LogP) is 3.30. The van der Waals surface area contributed by atoms with Gasteiger partial charge < -0.3 is 4.90 Å². The molecule has 2 heterocycles. The van der Waals surface area contributed by atoms with Gasteiger partial charge in [-0.1, -0.05) is 43.2 Å². The van der Waals surface area contributed by atoms with Gasteiger partial charge in [0.2, 0.25) is 0 Å². The molecule has 1 saturated heterocycles. The molecule has 1 aliphatic heterocycles. The Balaban J connectivity index is 1.56. The summed E-state index contributed by atoms with van der Waals surface area (Å²) in [5.74, 6) is 0.134. The fraction of sp³-hybridized carbons (Fsp3) is 0.429. The summed E-state index contributed by atoms with van der Waals surface area (Å²) in [5, 5.41) is 0. The van der Waals surface area contributed by atoms with E-state index in [4.69, 9.17) is 0 Å². The quantitative estimate of drug-likeness (QED) is 0.840. The van der Waals surface area contributed by atoms with Crippen molar-refractivity contribution >= 4 is 5.91 Å². The summed E-state index contributed by atoms with van der Waals surface area (Å²) in [6.45, 7) is 8.64. The van der Waals surface area contributed by atoms with Gasteiger partial charge in [0, 0.05) is 50.2 Å². The Morgan fingerprint density at radius 1 is 1.12 bits per heavy atom. The van der Waals surface area contributed by atoms with Gasteiger partial charge in [0.25, 0.3) is 5.91 Å². The molecule has 1 aliphatic rings. The SMILES string of the molecule is CCCc1cc(C(=O)N2CCN(Cc3cccc(C)c3)CC2)ccn1. The highest BCUT2D eigenvalue weighted by Gasteiger charge is 2.22. The lowest BCUT2D eigenvalue weighted by atomic mass is 10.1. The number of hydrogen-bond donors (Lipinski definition) is 0. The smallest absolute Gasteiger partial charge is 0.254 e. The highest BCUT2D eigenvalue weighted by molar-refractivity contribution is 5.94. The monoisotopic (exact) mass is 337 g/mol. The first-order valence-electron chi connectivity index (χ1n) is 9.18. The maximum atomic E-state index is 12.7. The minimum Gasteiger partial charge on any atom is -0.336 e. The number of piperazine rings is 1. The van der Waals surface area contributed by atoms with E-state index in [9.17, 15) is 4.79 Å². The highest BCUT2D eigenvalue weighted by Crippen LogP contribution is 2.13. The van der Waals surface area contributed by atoms with Crippen molar-refractivity contribution < 1.29 is 4.79 Å². The molecule has 132 valence electrons. The number of benzene rings is 1. The molecule has 1 aromatic heterocycles. The molecule has 0 radical (unpaired) electrons. The van der Waals surface area contributed by atoms with Crippen molar-refractivity contribution in [2.45, 2.75) is 33.2 Å². The fourth-order valence-electron chi connectivity index (χ4n) is 3.36. The molecule has 0 N–H and O–H groups in total. The van der Waals surface area contributed by atoms with Crippen LogP contribution < -0.4 is 0 Å². The molecule has 0 atom stereocenters. The Labute approximate surface area is 150 Å². The first-order valence-corrected chi connectivity index (χ1v) is 9.18. The average molecular weight is 337 g/mol. The molecular weight excluding hydrogens is 310 g/mol. The van der Waals surface area contributed by atoms with E-state index in [2.05, 4.69) is 48.0 Å². The van der Waals surface area contributed by atoms with Crippen molar-refractivity contribution in [3.8, 4) is 0 Å². The Morgan fingerprint density at radius 2 is 1.92 bits per heavy atom. The third-order valence-corrected chi connectivity index (χ3v) is 4.72. The van der Waals surface area contributed by atoms with Crippen LogP contribution in [0.5, 0.6) is 0 Å². The van der Waals surface area contributed by atoms with E-state index in [-0.39, 0.29) is 5.91 Å². The van der Waals surface area contributed by atoms with Crippen LogP contribution >= 0.6 is 0 Å². The van der Waals surface area contributed by atoms with Crippen molar-refractivity contribution in [3.05, 3.63) is 65.0 Å². The van der Waals surface area contributed by atoms with Crippen LogP contribution in [0.25, 0.3) is 0 Å². The number of aryl methyl sites for hydroxylation is 2. The van der Waals surface area contributed by atoms with Crippen molar-refractivity contribution in [2.75, 3.05) is 26.2 Å². The van der Waals surface area contributed by atoms with E-state index in [0.717, 1.165) is 56.8 Å². The second kappa shape index (κ2) is 8.26. The van der Waals surface area contributed by atoms with Gasteiger partial charge in [-0.3, -0.25) is 14.7 Å². The Morgan fingerprint density at radius 3 is 2.64 bits per heavy atom. The number of carbonyl (C=O) groups excluding carboxylic acids is 1. The standard InChI is InChI=1S/C21H27N3O/c1-3-5-20-15-19(8-9-22-20)21(25)24-12-10-23(11-13-24)16-18-7-4-6-17(2)14-18/h4,6-9,14-15H,3,5,10-13,16H2,1-2H3. The summed E-state index contributed by atoms with van der Waals surface area (Å²) in [4.78, 5) is 21.5. The van der Waals surface area contributed by atoms with Crippen LogP contribution in [0.1, 0.15) is 40.5 Å². The molecular formula is C21H27N3O. The van der Waals surface area contributed by atoms with Crippen LogP contribution in [0.2, 0.25) is 0 Å². The third-order valence-electron chi connectivity index (χ3n) is 4.72. The van der Waals surface area contributed by atoms with Gasteiger partial charge >= 0.3 is 0 Å². The van der Waals surface area contributed by atoms with Gasteiger partial charge in [0.15, 0.2) is 0 Å². The maximum absolute atomic E-state index is 12.7. The van der Waals surface area contributed by atoms with E-state index in [1.54, 1.807) is 6.20 Å². The van der Waals surface area contributed by atoms with Crippen molar-refractivity contribution in [1.82, 2.24) is 14.8 Å². The highest BCUT2D eigenvalue weighted by atomic mass is 16.2. The van der Waals surface area contributed by atoms with Crippen LogP contribution in [0.3, 0.4) is 0 Å². The molecule has 0 bridgehead atoms. The zero-order valence-electron chi connectivity index (χ0n) is 15.2. The molecule has 4 nitrogen and oxygen atoms in total. The third kappa shape index (κ3) is 4.67. The van der Waals surface area contributed by atoms with Gasteiger partial charge in [-0.25, -0.2) is 0 Å². The van der Waals surface area contributed by atoms with Gasteiger partial charge in [0.05, 0.1) is 0 Å². The molecule has 0 spiro atoms. The lowest BCUT2D eigenvalue weighted by Gasteiger charge is -2.34. The molecule has 2 aromatic rings. The summed E-state index contributed by atoms with van der Waals surface area (Å²) in [5.41, 5.74) is 4.42. The van der Waals surface area contributed by atoms with Crippen molar-refractivity contribution in [2.24, 2.45) is 0 Å². The van der Waals surface area contributed by atoms with E-state index in [1.165, 1.54) is 11.1 Å². The minimum atomic E-state index is 0.134. The summed E-state index contributed by atoms with van der Waals surface area (Å²) in [6, 6.07) is 12.4. The maximum Gasteiger partial charge on any atom is 0.254 e. The minimum absolute atomic E-state index is 0.134. The number of pyridine rings is 1. The number of nitrogens with zero attached hydrogens (tertiary/aromatic N) is 3. The normalized spacial score (nSPS) is 15.4. The van der Waals surface area contributed by atoms with Gasteiger partial charge in [0.1, 0.15) is 0 Å². The summed E-state index contributed by atoms with van der Waals surface area (Å²) in [6.07, 6.45) is 3.72. The topological polar surface area (TPSA) is 36.4 Å². The molecule has 0 saturated carbocycles. The Kier molecular flexibility index (Phi) is 5.82. The first kappa shape index (κ1) is 17.6. The first-order chi connectivity index (χ1) is 12.2. The molecule has 1 aromatic carbocycles. The number of hydrogen-bond acceptors (Lipinski definition) is 3. The Hall–Kier alpha value is -2.20. The fourth-order valence-corrected chi connectivity index (χ4v) is 3.36. The van der Waals surface area contributed by atoms with E-state index in [0.29, 0.717) is 0 Å². The average Bonchev–Trinajstić information content (AvgIpc) is 2.62. The van der Waals surface area contributed by atoms with Crippen LogP contribution in [-0.2, 0) is 13.0 Å². The van der Waals surface area contributed by atoms with Crippen LogP contribution in [0, 0.1) is 6.92 Å².